The molecule has 20 heavy (non-hydrogen) atoms. The third kappa shape index (κ3) is 4.11. The molecule has 1 unspecified atom stereocenters. The quantitative estimate of drug-likeness (QED) is 0.759. The number of aryl methyl sites for hydroxylation is 1. The summed E-state index contributed by atoms with van der Waals surface area (Å²) in [6.07, 6.45) is 2.99. The number of hydrogen-bond donors (Lipinski definition) is 1. The van der Waals surface area contributed by atoms with Gasteiger partial charge in [0.1, 0.15) is 0 Å². The maximum absolute atomic E-state index is 4.40. The summed E-state index contributed by atoms with van der Waals surface area (Å²) in [5, 5.41) is 7.80. The van der Waals surface area contributed by atoms with Gasteiger partial charge in [-0.1, -0.05) is 22.9 Å². The molecule has 0 saturated carbocycles. The van der Waals surface area contributed by atoms with E-state index in [-0.39, 0.29) is 0 Å². The first-order valence-corrected chi connectivity index (χ1v) is 8.59. The van der Waals surface area contributed by atoms with Gasteiger partial charge in [0, 0.05) is 27.9 Å². The van der Waals surface area contributed by atoms with Crippen LogP contribution in [-0.4, -0.2) is 22.6 Å². The van der Waals surface area contributed by atoms with E-state index in [4.69, 9.17) is 0 Å². The maximum Gasteiger partial charge on any atom is 0.0584 e. The van der Waals surface area contributed by atoms with Gasteiger partial charge in [0.15, 0.2) is 0 Å². The Bertz CT molecular complexity index is 524. The zero-order chi connectivity index (χ0) is 14.4. The smallest absolute Gasteiger partial charge is 0.0584 e. The van der Waals surface area contributed by atoms with E-state index < -0.39 is 0 Å². The lowest BCUT2D eigenvalue weighted by Gasteiger charge is -2.17. The highest BCUT2D eigenvalue weighted by Gasteiger charge is 2.14. The summed E-state index contributed by atoms with van der Waals surface area (Å²) < 4.78 is 3.22. The number of nitrogens with one attached hydrogen (secondary N) is 1. The Kier molecular flexibility index (Phi) is 6.13. The van der Waals surface area contributed by atoms with Crippen LogP contribution in [0.1, 0.15) is 25.1 Å². The van der Waals surface area contributed by atoms with Gasteiger partial charge >= 0.3 is 0 Å². The first kappa shape index (κ1) is 15.6. The summed E-state index contributed by atoms with van der Waals surface area (Å²) in [5.41, 5.74) is 1.26. The molecule has 1 atom stereocenters. The van der Waals surface area contributed by atoms with E-state index in [0.29, 0.717) is 6.04 Å². The average Bonchev–Trinajstić information content (AvgIpc) is 2.90. The molecule has 0 radical (unpaired) electrons. The average molecular weight is 354 g/mol. The molecule has 108 valence electrons. The second-order valence-electron chi connectivity index (χ2n) is 4.59. The molecule has 0 spiro atoms. The molecule has 5 heteroatoms. The molecule has 0 amide bonds. The van der Waals surface area contributed by atoms with Crippen LogP contribution in [0.5, 0.6) is 0 Å². The summed E-state index contributed by atoms with van der Waals surface area (Å²) in [7, 11) is 2.01. The van der Waals surface area contributed by atoms with Crippen LogP contribution in [-0.2, 0) is 6.54 Å². The molecule has 2 aromatic rings. The lowest BCUT2D eigenvalue weighted by molar-refractivity contribution is 0.524. The van der Waals surface area contributed by atoms with Crippen molar-refractivity contribution in [2.24, 2.45) is 0 Å². The predicted octanol–water partition coefficient (Wildman–Crippen LogP) is 4.11. The Morgan fingerprint density at radius 3 is 2.70 bits per heavy atom. The van der Waals surface area contributed by atoms with Crippen LogP contribution in [0.25, 0.3) is 0 Å². The summed E-state index contributed by atoms with van der Waals surface area (Å²) in [4.78, 5) is 1.29. The number of benzene rings is 1. The Morgan fingerprint density at radius 1 is 1.30 bits per heavy atom. The molecule has 0 aliphatic rings. The van der Waals surface area contributed by atoms with Crippen molar-refractivity contribution in [2.45, 2.75) is 30.8 Å². The van der Waals surface area contributed by atoms with Gasteiger partial charge in [-0.2, -0.15) is 5.10 Å². The fourth-order valence-corrected chi connectivity index (χ4v) is 3.35. The lowest BCUT2D eigenvalue weighted by Crippen LogP contribution is -2.22. The molecule has 0 saturated heterocycles. The number of halogens is 1. The van der Waals surface area contributed by atoms with E-state index in [0.717, 1.165) is 23.2 Å². The first-order valence-electron chi connectivity index (χ1n) is 6.82. The fourth-order valence-electron chi connectivity index (χ4n) is 2.06. The van der Waals surface area contributed by atoms with Gasteiger partial charge < -0.3 is 5.32 Å². The van der Waals surface area contributed by atoms with Crippen molar-refractivity contribution < 1.29 is 0 Å². The molecule has 0 fully saturated rings. The van der Waals surface area contributed by atoms with Gasteiger partial charge in [-0.3, -0.25) is 4.68 Å². The maximum atomic E-state index is 4.40. The molecule has 0 aliphatic carbocycles. The lowest BCUT2D eigenvalue weighted by atomic mass is 10.2. The van der Waals surface area contributed by atoms with Gasteiger partial charge in [-0.25, -0.2) is 0 Å². The highest BCUT2D eigenvalue weighted by molar-refractivity contribution is 9.10. The van der Waals surface area contributed by atoms with Gasteiger partial charge in [0.05, 0.1) is 11.7 Å². The minimum Gasteiger partial charge on any atom is -0.311 e. The summed E-state index contributed by atoms with van der Waals surface area (Å²) in [5.74, 6) is 0.994. The van der Waals surface area contributed by atoms with E-state index in [1.807, 2.05) is 25.0 Å². The Morgan fingerprint density at radius 2 is 2.05 bits per heavy atom. The molecule has 0 aliphatic heterocycles. The second kappa shape index (κ2) is 7.86. The number of hydrogen-bond acceptors (Lipinski definition) is 3. The monoisotopic (exact) mass is 353 g/mol. The van der Waals surface area contributed by atoms with Crippen molar-refractivity contribution in [3.05, 3.63) is 46.7 Å². The molecule has 1 N–H and O–H groups in total. The molecule has 0 bridgehead atoms. The highest BCUT2D eigenvalue weighted by atomic mass is 79.9. The minimum atomic E-state index is 0.317. The largest absolute Gasteiger partial charge is 0.311 e. The zero-order valence-corrected chi connectivity index (χ0v) is 14.2. The molecule has 1 heterocycles. The molecule has 1 aromatic carbocycles. The number of thioether (sulfide) groups is 1. The van der Waals surface area contributed by atoms with Gasteiger partial charge in [-0.05, 0) is 43.8 Å². The SMILES string of the molecule is CCCn1nccc1C(CSc1ccc(Br)cc1)NC. The van der Waals surface area contributed by atoms with Crippen LogP contribution < -0.4 is 5.32 Å². The van der Waals surface area contributed by atoms with E-state index in [2.05, 4.69) is 68.3 Å². The van der Waals surface area contributed by atoms with Crippen molar-refractivity contribution in [3.8, 4) is 0 Å². The van der Waals surface area contributed by atoms with E-state index in [1.54, 1.807) is 0 Å². The van der Waals surface area contributed by atoms with Crippen molar-refractivity contribution in [1.82, 2.24) is 15.1 Å². The van der Waals surface area contributed by atoms with Gasteiger partial charge in [-0.15, -0.1) is 11.8 Å². The van der Waals surface area contributed by atoms with Crippen molar-refractivity contribution in [2.75, 3.05) is 12.8 Å². The van der Waals surface area contributed by atoms with Gasteiger partial charge in [0.25, 0.3) is 0 Å². The molecule has 1 aromatic heterocycles. The van der Waals surface area contributed by atoms with Crippen LogP contribution in [0, 0.1) is 0 Å². The van der Waals surface area contributed by atoms with Crippen molar-refractivity contribution in [1.29, 1.82) is 0 Å². The third-order valence-corrected chi connectivity index (χ3v) is 4.75. The summed E-state index contributed by atoms with van der Waals surface area (Å²) in [6.45, 7) is 3.15. The molecular formula is C15H20BrN3S. The Hall–Kier alpha value is -0.780. The second-order valence-corrected chi connectivity index (χ2v) is 6.59. The standard InChI is InChI=1S/C15H20BrN3S/c1-3-10-19-15(8-9-18-19)14(17-2)11-20-13-6-4-12(16)5-7-13/h4-9,14,17H,3,10-11H2,1-2H3. The summed E-state index contributed by atoms with van der Waals surface area (Å²) >= 11 is 5.33. The molecule has 3 nitrogen and oxygen atoms in total. The van der Waals surface area contributed by atoms with E-state index in [1.165, 1.54) is 10.6 Å². The third-order valence-electron chi connectivity index (χ3n) is 3.12. The Balaban J connectivity index is 2.01. The number of rotatable bonds is 7. The minimum absolute atomic E-state index is 0.317. The Labute approximate surface area is 133 Å². The molecule has 2 rings (SSSR count). The zero-order valence-electron chi connectivity index (χ0n) is 11.8. The normalized spacial score (nSPS) is 12.6. The first-order chi connectivity index (χ1) is 9.74. The van der Waals surface area contributed by atoms with Crippen LogP contribution in [0.2, 0.25) is 0 Å². The van der Waals surface area contributed by atoms with Crippen molar-refractivity contribution in [3.63, 3.8) is 0 Å². The summed E-state index contributed by atoms with van der Waals surface area (Å²) in [6, 6.07) is 10.9. The molecular weight excluding hydrogens is 334 g/mol. The van der Waals surface area contributed by atoms with Crippen LogP contribution >= 0.6 is 27.7 Å². The van der Waals surface area contributed by atoms with Gasteiger partial charge in [0.2, 0.25) is 0 Å². The predicted molar refractivity (Wildman–Crippen MR) is 89.2 cm³/mol. The van der Waals surface area contributed by atoms with Crippen LogP contribution in [0.4, 0.5) is 0 Å². The number of aromatic nitrogens is 2. The highest BCUT2D eigenvalue weighted by Crippen LogP contribution is 2.25. The van der Waals surface area contributed by atoms with Crippen LogP contribution in [0.3, 0.4) is 0 Å². The van der Waals surface area contributed by atoms with E-state index in [9.17, 15) is 0 Å². The topological polar surface area (TPSA) is 29.9 Å². The van der Waals surface area contributed by atoms with E-state index >= 15 is 0 Å². The van der Waals surface area contributed by atoms with Crippen molar-refractivity contribution >= 4 is 27.7 Å². The van der Waals surface area contributed by atoms with Crippen LogP contribution in [0.15, 0.2) is 45.9 Å². The fraction of sp³-hybridized carbons (Fsp3) is 0.400. The number of nitrogens with zero attached hydrogens (tertiary/aromatic N) is 2.